The molecule has 0 aromatic carbocycles. The fourth-order valence-electron chi connectivity index (χ4n) is 0. The van der Waals surface area contributed by atoms with Crippen molar-refractivity contribution in [3.05, 3.63) is 0 Å². The molecule has 6 heavy (non-hydrogen) atoms. The SMILES string of the molecule is O.OOO.[Co].[Fe]. The Morgan fingerprint density at radius 1 is 1.17 bits per heavy atom. The molecule has 6 heteroatoms. The molecule has 0 aliphatic heterocycles. The number of hydrogen-bond acceptors (Lipinski definition) is 3. The van der Waals surface area contributed by atoms with Crippen LogP contribution >= 0.6 is 0 Å². The fraction of sp³-hybridized carbons (Fsp3) is 0. The summed E-state index contributed by atoms with van der Waals surface area (Å²) in [6.45, 7) is 0. The van der Waals surface area contributed by atoms with Gasteiger partial charge in [0.15, 0.2) is 0 Å². The first-order valence-electron chi connectivity index (χ1n) is 0.365. The van der Waals surface area contributed by atoms with E-state index in [0.29, 0.717) is 0 Å². The summed E-state index contributed by atoms with van der Waals surface area (Å²) in [6.07, 6.45) is 0. The van der Waals surface area contributed by atoms with E-state index in [9.17, 15) is 0 Å². The van der Waals surface area contributed by atoms with Crippen molar-refractivity contribution in [2.45, 2.75) is 0 Å². The van der Waals surface area contributed by atoms with Gasteiger partial charge in [-0.1, -0.05) is 5.04 Å². The van der Waals surface area contributed by atoms with Gasteiger partial charge in [0.05, 0.1) is 0 Å². The van der Waals surface area contributed by atoms with Gasteiger partial charge in [0.1, 0.15) is 0 Å². The summed E-state index contributed by atoms with van der Waals surface area (Å²) in [6, 6.07) is 0. The number of hydrogen-bond donors (Lipinski definition) is 2. The van der Waals surface area contributed by atoms with Gasteiger partial charge in [-0.3, -0.25) is 0 Å². The molecular formula is H4CoFeO4. The van der Waals surface area contributed by atoms with Gasteiger partial charge in [0.2, 0.25) is 0 Å². The Morgan fingerprint density at radius 2 is 1.17 bits per heavy atom. The summed E-state index contributed by atoms with van der Waals surface area (Å²) < 4.78 is 0. The van der Waals surface area contributed by atoms with E-state index >= 15 is 0 Å². The molecule has 4 nitrogen and oxygen atoms in total. The third-order valence-corrected chi connectivity index (χ3v) is 0. The largest absolute Gasteiger partial charge is 0.412 e. The van der Waals surface area contributed by atoms with Gasteiger partial charge < -0.3 is 5.48 Å². The molecule has 0 heterocycles. The van der Waals surface area contributed by atoms with Crippen molar-refractivity contribution in [3.8, 4) is 0 Å². The Labute approximate surface area is 55.3 Å². The molecule has 0 aliphatic carbocycles. The predicted octanol–water partition coefficient (Wildman–Crippen LogP) is -0.881. The minimum atomic E-state index is 0. The van der Waals surface area contributed by atoms with Gasteiger partial charge in [0.25, 0.3) is 0 Å². The second-order valence-electron chi connectivity index (χ2n) is 0.0816. The third kappa shape index (κ3) is 97.0. The van der Waals surface area contributed by atoms with E-state index in [1.54, 1.807) is 0 Å². The normalized spacial score (nSPS) is 3.00. The van der Waals surface area contributed by atoms with Crippen LogP contribution in [0.5, 0.6) is 0 Å². The minimum absolute atomic E-state index is 0. The molecule has 0 rings (SSSR count). The quantitative estimate of drug-likeness (QED) is 0.290. The maximum absolute atomic E-state index is 6.62. The van der Waals surface area contributed by atoms with Gasteiger partial charge in [-0.25, -0.2) is 10.5 Å². The molecule has 0 saturated carbocycles. The molecule has 0 aromatic heterocycles. The van der Waals surface area contributed by atoms with Crippen molar-refractivity contribution in [2.24, 2.45) is 0 Å². The molecule has 0 unspecified atom stereocenters. The van der Waals surface area contributed by atoms with Crippen LogP contribution in [0.25, 0.3) is 0 Å². The summed E-state index contributed by atoms with van der Waals surface area (Å²) in [5.41, 5.74) is 0. The van der Waals surface area contributed by atoms with E-state index in [1.807, 2.05) is 0 Å². The van der Waals surface area contributed by atoms with Gasteiger partial charge >= 0.3 is 0 Å². The fourth-order valence-corrected chi connectivity index (χ4v) is 0. The zero-order valence-electron chi connectivity index (χ0n) is 2.49. The summed E-state index contributed by atoms with van der Waals surface area (Å²) in [7, 11) is 0. The molecule has 0 aliphatic rings. The summed E-state index contributed by atoms with van der Waals surface area (Å²) in [4.78, 5) is 0. The molecule has 0 spiro atoms. The second-order valence-corrected chi connectivity index (χ2v) is 0.0816. The zero-order valence-corrected chi connectivity index (χ0v) is 4.63. The first-order chi connectivity index (χ1) is 1.41. The average Bonchev–Trinajstić information content (AvgIpc) is 0.918. The molecule has 45 valence electrons. The van der Waals surface area contributed by atoms with Crippen LogP contribution in [0.3, 0.4) is 0 Å². The first kappa shape index (κ1) is 28.8. The molecule has 0 amide bonds. The Kier molecular flexibility index (Phi) is 191. The van der Waals surface area contributed by atoms with Gasteiger partial charge in [0, 0.05) is 33.8 Å². The average molecular weight is 183 g/mol. The van der Waals surface area contributed by atoms with Crippen molar-refractivity contribution < 1.29 is 54.9 Å². The molecule has 0 saturated heterocycles. The van der Waals surface area contributed by atoms with Crippen LogP contribution in [0.15, 0.2) is 0 Å². The second kappa shape index (κ2) is 39.9. The molecule has 1 radical (unpaired) electrons. The van der Waals surface area contributed by atoms with Crippen molar-refractivity contribution in [2.75, 3.05) is 0 Å². The van der Waals surface area contributed by atoms with Crippen LogP contribution in [-0.4, -0.2) is 16.0 Å². The van der Waals surface area contributed by atoms with Crippen LogP contribution in [0.2, 0.25) is 0 Å². The smallest absolute Gasteiger partial charge is 0 e. The Bertz CT molecular complexity index is 7.51. The maximum atomic E-state index is 6.62. The van der Waals surface area contributed by atoms with Gasteiger partial charge in [-0.2, -0.15) is 0 Å². The van der Waals surface area contributed by atoms with Crippen molar-refractivity contribution in [1.29, 1.82) is 0 Å². The summed E-state index contributed by atoms with van der Waals surface area (Å²) in [5, 5.41) is 15.5. The van der Waals surface area contributed by atoms with E-state index in [1.165, 1.54) is 0 Å². The third-order valence-electron chi connectivity index (χ3n) is 0. The number of rotatable bonds is 0. The zero-order chi connectivity index (χ0) is 2.71. The Hall–Kier alpha value is 0.866. The van der Waals surface area contributed by atoms with Gasteiger partial charge in [-0.05, 0) is 0 Å². The van der Waals surface area contributed by atoms with E-state index in [-0.39, 0.29) is 39.3 Å². The van der Waals surface area contributed by atoms with Crippen LogP contribution in [0.4, 0.5) is 0 Å². The van der Waals surface area contributed by atoms with Crippen LogP contribution in [0, 0.1) is 0 Å². The Balaban J connectivity index is -0.00000000667. The molecular weight excluding hydrogens is 179 g/mol. The van der Waals surface area contributed by atoms with Crippen molar-refractivity contribution in [1.82, 2.24) is 0 Å². The first-order valence-corrected chi connectivity index (χ1v) is 0.365. The summed E-state index contributed by atoms with van der Waals surface area (Å²) in [5.74, 6) is 0. The Morgan fingerprint density at radius 3 is 1.17 bits per heavy atom. The van der Waals surface area contributed by atoms with E-state index in [4.69, 9.17) is 10.5 Å². The van der Waals surface area contributed by atoms with Crippen LogP contribution in [0.1, 0.15) is 0 Å². The summed E-state index contributed by atoms with van der Waals surface area (Å²) >= 11 is 0. The molecule has 0 bridgehead atoms. The topological polar surface area (TPSA) is 81.2 Å². The van der Waals surface area contributed by atoms with Crippen LogP contribution in [-0.2, 0) is 38.9 Å². The van der Waals surface area contributed by atoms with Crippen LogP contribution < -0.4 is 0 Å². The van der Waals surface area contributed by atoms with E-state index < -0.39 is 0 Å². The monoisotopic (exact) mass is 183 g/mol. The molecule has 0 atom stereocenters. The van der Waals surface area contributed by atoms with Crippen molar-refractivity contribution in [3.63, 3.8) is 0 Å². The minimum Gasteiger partial charge on any atom is -0.412 e. The maximum Gasteiger partial charge on any atom is 0 e. The van der Waals surface area contributed by atoms with E-state index in [0.717, 1.165) is 0 Å². The van der Waals surface area contributed by atoms with Crippen molar-refractivity contribution >= 4 is 0 Å². The molecule has 0 fully saturated rings. The standard InChI is InChI=1S/Co.Fe.H2O3.H2O/c;;1-3-2;/h;;1-2H;1H2. The molecule has 4 N–H and O–H groups in total. The predicted molar refractivity (Wildman–Crippen MR) is 9.96 cm³/mol. The van der Waals surface area contributed by atoms with Gasteiger partial charge in [-0.15, -0.1) is 0 Å². The van der Waals surface area contributed by atoms with E-state index in [2.05, 4.69) is 5.04 Å². The molecule has 0 aromatic rings.